The van der Waals surface area contributed by atoms with Gasteiger partial charge >= 0.3 is 0 Å². The number of aromatic nitrogens is 1. The maximum atomic E-state index is 12.4. The van der Waals surface area contributed by atoms with E-state index in [1.807, 2.05) is 24.3 Å². The summed E-state index contributed by atoms with van der Waals surface area (Å²) in [5, 5.41) is 14.5. The number of nitriles is 1. The monoisotopic (exact) mass is 372 g/mol. The summed E-state index contributed by atoms with van der Waals surface area (Å²) in [6.45, 7) is 0.678. The van der Waals surface area contributed by atoms with E-state index in [4.69, 9.17) is 5.26 Å². The minimum absolute atomic E-state index is 0.208. The number of hydrogen-bond donors (Lipinski definition) is 2. The van der Waals surface area contributed by atoms with Gasteiger partial charge < -0.3 is 10.6 Å². The molecule has 118 valence electrons. The number of carbonyl (C=O) groups is 1. The smallest absolute Gasteiger partial charge is 0.259 e. The van der Waals surface area contributed by atoms with Crippen LogP contribution in [0, 0.1) is 11.3 Å². The van der Waals surface area contributed by atoms with Crippen LogP contribution >= 0.6 is 15.9 Å². The molecule has 0 radical (unpaired) electrons. The van der Waals surface area contributed by atoms with Crippen molar-refractivity contribution in [1.29, 1.82) is 5.26 Å². The molecular formula is C17H17BrN4O. The van der Waals surface area contributed by atoms with Gasteiger partial charge in [0, 0.05) is 29.3 Å². The number of amides is 1. The van der Waals surface area contributed by atoms with E-state index in [1.54, 1.807) is 18.3 Å². The Labute approximate surface area is 143 Å². The van der Waals surface area contributed by atoms with Crippen LogP contribution in [0.2, 0.25) is 0 Å². The Morgan fingerprint density at radius 3 is 2.74 bits per heavy atom. The highest BCUT2D eigenvalue weighted by atomic mass is 79.9. The van der Waals surface area contributed by atoms with Crippen molar-refractivity contribution in [2.45, 2.75) is 19.3 Å². The van der Waals surface area contributed by atoms with Crippen molar-refractivity contribution in [3.63, 3.8) is 0 Å². The SMILES string of the molecule is N#CCCCCNc1ncccc1C(=O)Nc1ccc(Br)cc1. The Kier molecular flexibility index (Phi) is 6.57. The molecule has 2 rings (SSSR count). The third-order valence-electron chi connectivity index (χ3n) is 3.16. The Balaban J connectivity index is 1.99. The first-order chi connectivity index (χ1) is 11.2. The van der Waals surface area contributed by atoms with Crippen molar-refractivity contribution >= 4 is 33.3 Å². The number of halogens is 1. The van der Waals surface area contributed by atoms with Gasteiger partial charge in [0.25, 0.3) is 5.91 Å². The molecule has 0 fully saturated rings. The molecule has 1 heterocycles. The predicted octanol–water partition coefficient (Wildman–Crippen LogP) is 4.20. The van der Waals surface area contributed by atoms with Crippen molar-refractivity contribution in [2.24, 2.45) is 0 Å². The average Bonchev–Trinajstić information content (AvgIpc) is 2.57. The third kappa shape index (κ3) is 5.38. The fraction of sp³-hybridized carbons (Fsp3) is 0.235. The summed E-state index contributed by atoms with van der Waals surface area (Å²) in [6, 6.07) is 13.0. The number of pyridine rings is 1. The van der Waals surface area contributed by atoms with Gasteiger partial charge in [0.15, 0.2) is 0 Å². The molecule has 0 spiro atoms. The van der Waals surface area contributed by atoms with E-state index in [2.05, 4.69) is 37.6 Å². The van der Waals surface area contributed by atoms with E-state index in [-0.39, 0.29) is 5.91 Å². The van der Waals surface area contributed by atoms with Crippen LogP contribution in [-0.4, -0.2) is 17.4 Å². The van der Waals surface area contributed by atoms with E-state index in [0.29, 0.717) is 24.3 Å². The van der Waals surface area contributed by atoms with E-state index in [9.17, 15) is 4.79 Å². The zero-order valence-corrected chi connectivity index (χ0v) is 14.1. The fourth-order valence-corrected chi connectivity index (χ4v) is 2.26. The molecule has 2 aromatic rings. The van der Waals surface area contributed by atoms with Crippen LogP contribution in [0.1, 0.15) is 29.6 Å². The second-order valence-electron chi connectivity index (χ2n) is 4.90. The van der Waals surface area contributed by atoms with Crippen LogP contribution in [0.15, 0.2) is 47.1 Å². The average molecular weight is 373 g/mol. The van der Waals surface area contributed by atoms with Gasteiger partial charge in [0.05, 0.1) is 11.6 Å². The molecule has 0 saturated heterocycles. The second kappa shape index (κ2) is 8.91. The summed E-state index contributed by atoms with van der Waals surface area (Å²) in [7, 11) is 0. The number of benzene rings is 1. The Morgan fingerprint density at radius 1 is 1.22 bits per heavy atom. The fourth-order valence-electron chi connectivity index (χ4n) is 2.00. The lowest BCUT2D eigenvalue weighted by Gasteiger charge is -2.11. The van der Waals surface area contributed by atoms with Gasteiger partial charge in [-0.1, -0.05) is 15.9 Å². The number of anilines is 2. The molecule has 0 saturated carbocycles. The Bertz CT molecular complexity index is 694. The molecular weight excluding hydrogens is 356 g/mol. The van der Waals surface area contributed by atoms with Crippen molar-refractivity contribution < 1.29 is 4.79 Å². The summed E-state index contributed by atoms with van der Waals surface area (Å²) in [5.41, 5.74) is 1.22. The predicted molar refractivity (Wildman–Crippen MR) is 94.3 cm³/mol. The second-order valence-corrected chi connectivity index (χ2v) is 5.82. The first-order valence-corrected chi connectivity index (χ1v) is 8.13. The topological polar surface area (TPSA) is 77.8 Å². The van der Waals surface area contributed by atoms with E-state index in [1.165, 1.54) is 0 Å². The molecule has 23 heavy (non-hydrogen) atoms. The van der Waals surface area contributed by atoms with Crippen LogP contribution < -0.4 is 10.6 Å². The maximum Gasteiger partial charge on any atom is 0.259 e. The van der Waals surface area contributed by atoms with Gasteiger partial charge in [0.1, 0.15) is 5.82 Å². The number of nitrogens with zero attached hydrogens (tertiary/aromatic N) is 2. The number of carbonyl (C=O) groups excluding carboxylic acids is 1. The standard InChI is InChI=1S/C17H17BrN4O/c18-13-6-8-14(9-7-13)22-17(23)15-5-4-12-21-16(15)20-11-3-1-2-10-19/h4-9,12H,1-3,11H2,(H,20,21)(H,22,23). The Hall–Kier alpha value is -2.39. The van der Waals surface area contributed by atoms with Crippen molar-refractivity contribution in [2.75, 3.05) is 17.2 Å². The summed E-state index contributed by atoms with van der Waals surface area (Å²) >= 11 is 3.36. The molecule has 1 aromatic carbocycles. The summed E-state index contributed by atoms with van der Waals surface area (Å²) in [4.78, 5) is 16.6. The molecule has 0 atom stereocenters. The van der Waals surface area contributed by atoms with Gasteiger partial charge in [-0.25, -0.2) is 4.98 Å². The van der Waals surface area contributed by atoms with Crippen LogP contribution in [0.25, 0.3) is 0 Å². The number of hydrogen-bond acceptors (Lipinski definition) is 4. The minimum atomic E-state index is -0.208. The molecule has 5 nitrogen and oxygen atoms in total. The minimum Gasteiger partial charge on any atom is -0.369 e. The summed E-state index contributed by atoms with van der Waals surface area (Å²) in [5.74, 6) is 0.346. The van der Waals surface area contributed by atoms with Crippen molar-refractivity contribution in [3.05, 3.63) is 52.6 Å². The highest BCUT2D eigenvalue weighted by Gasteiger charge is 2.12. The first-order valence-electron chi connectivity index (χ1n) is 7.33. The van der Waals surface area contributed by atoms with Gasteiger partial charge in [-0.2, -0.15) is 5.26 Å². The molecule has 1 aromatic heterocycles. The number of nitrogens with one attached hydrogen (secondary N) is 2. The highest BCUT2D eigenvalue weighted by molar-refractivity contribution is 9.10. The lowest BCUT2D eigenvalue weighted by Crippen LogP contribution is -2.16. The normalized spacial score (nSPS) is 9.91. The van der Waals surface area contributed by atoms with Gasteiger partial charge in [-0.15, -0.1) is 0 Å². The Morgan fingerprint density at radius 2 is 2.00 bits per heavy atom. The van der Waals surface area contributed by atoms with Crippen LogP contribution in [0.3, 0.4) is 0 Å². The maximum absolute atomic E-state index is 12.4. The molecule has 6 heteroatoms. The van der Waals surface area contributed by atoms with Crippen LogP contribution in [0.4, 0.5) is 11.5 Å². The zero-order chi connectivity index (χ0) is 16.5. The number of unbranched alkanes of at least 4 members (excludes halogenated alkanes) is 2. The molecule has 2 N–H and O–H groups in total. The number of rotatable bonds is 7. The molecule has 0 aliphatic heterocycles. The molecule has 0 unspecified atom stereocenters. The van der Waals surface area contributed by atoms with Crippen LogP contribution in [-0.2, 0) is 0 Å². The molecule has 0 aliphatic rings. The molecule has 0 aliphatic carbocycles. The van der Waals surface area contributed by atoms with E-state index in [0.717, 1.165) is 23.0 Å². The van der Waals surface area contributed by atoms with Crippen molar-refractivity contribution in [3.8, 4) is 6.07 Å². The summed E-state index contributed by atoms with van der Waals surface area (Å²) < 4.78 is 0.955. The molecule has 1 amide bonds. The van der Waals surface area contributed by atoms with Gasteiger partial charge in [-0.05, 0) is 49.2 Å². The highest BCUT2D eigenvalue weighted by Crippen LogP contribution is 2.17. The van der Waals surface area contributed by atoms with E-state index >= 15 is 0 Å². The van der Waals surface area contributed by atoms with Gasteiger partial charge in [-0.3, -0.25) is 4.79 Å². The van der Waals surface area contributed by atoms with Gasteiger partial charge in [0.2, 0.25) is 0 Å². The lowest BCUT2D eigenvalue weighted by molar-refractivity contribution is 0.102. The van der Waals surface area contributed by atoms with Crippen LogP contribution in [0.5, 0.6) is 0 Å². The first kappa shape index (κ1) is 17.0. The third-order valence-corrected chi connectivity index (χ3v) is 3.69. The largest absolute Gasteiger partial charge is 0.369 e. The quantitative estimate of drug-likeness (QED) is 0.713. The lowest BCUT2D eigenvalue weighted by atomic mass is 10.2. The van der Waals surface area contributed by atoms with Crippen molar-refractivity contribution in [1.82, 2.24) is 4.98 Å². The molecule has 0 bridgehead atoms. The van der Waals surface area contributed by atoms with E-state index < -0.39 is 0 Å². The summed E-state index contributed by atoms with van der Waals surface area (Å²) in [6.07, 6.45) is 3.88. The zero-order valence-electron chi connectivity index (χ0n) is 12.6.